The van der Waals surface area contributed by atoms with E-state index in [4.69, 9.17) is 9.47 Å². The number of nitrogens with one attached hydrogen (secondary N) is 1. The second-order valence-corrected chi connectivity index (χ2v) is 5.58. The minimum absolute atomic E-state index is 0.0324. The highest BCUT2D eigenvalue weighted by Crippen LogP contribution is 2.34. The number of hydrogen-bond donors (Lipinski definition) is 1. The summed E-state index contributed by atoms with van der Waals surface area (Å²) in [6.07, 6.45) is 1.85. The molecule has 1 N–H and O–H groups in total. The fourth-order valence-corrected chi connectivity index (χ4v) is 2.91. The smallest absolute Gasteiger partial charge is 0.267 e. The van der Waals surface area contributed by atoms with Crippen molar-refractivity contribution in [2.75, 3.05) is 20.3 Å². The molecule has 1 aromatic carbocycles. The molecule has 5 heteroatoms. The standard InChI is InChI=1S/C17H22N2O3/c1-3-13-11-19-14(17(20)18-8-5-9-21-2)10-12-6-4-7-15(22-13)16(12)19/h4,6-7,10,13H,3,5,8-9,11H2,1-2H3,(H,18,20)/t13-/m1/s1. The van der Waals surface area contributed by atoms with E-state index in [9.17, 15) is 4.79 Å². The van der Waals surface area contributed by atoms with Gasteiger partial charge in [-0.15, -0.1) is 0 Å². The first-order valence-corrected chi connectivity index (χ1v) is 7.80. The summed E-state index contributed by atoms with van der Waals surface area (Å²) in [5.74, 6) is 0.837. The van der Waals surface area contributed by atoms with Gasteiger partial charge >= 0.3 is 0 Å². The number of para-hydroxylation sites is 1. The zero-order valence-electron chi connectivity index (χ0n) is 13.1. The predicted molar refractivity (Wildman–Crippen MR) is 85.5 cm³/mol. The highest BCUT2D eigenvalue weighted by atomic mass is 16.5. The second kappa shape index (κ2) is 6.40. The summed E-state index contributed by atoms with van der Waals surface area (Å²) < 4.78 is 13.1. The van der Waals surface area contributed by atoms with Crippen LogP contribution in [0.1, 0.15) is 30.3 Å². The lowest BCUT2D eigenvalue weighted by atomic mass is 10.2. The van der Waals surface area contributed by atoms with E-state index in [2.05, 4.69) is 16.8 Å². The maximum atomic E-state index is 12.5. The molecule has 1 aliphatic heterocycles. The topological polar surface area (TPSA) is 52.5 Å². The highest BCUT2D eigenvalue weighted by molar-refractivity contribution is 6.00. The van der Waals surface area contributed by atoms with Gasteiger partial charge in [-0.3, -0.25) is 4.79 Å². The molecule has 0 saturated heterocycles. The summed E-state index contributed by atoms with van der Waals surface area (Å²) in [7, 11) is 1.66. The first-order valence-electron chi connectivity index (χ1n) is 7.80. The fourth-order valence-electron chi connectivity index (χ4n) is 2.91. The zero-order chi connectivity index (χ0) is 15.5. The van der Waals surface area contributed by atoms with Crippen LogP contribution in [-0.4, -0.2) is 36.8 Å². The molecule has 0 bridgehead atoms. The Morgan fingerprint density at radius 1 is 1.50 bits per heavy atom. The van der Waals surface area contributed by atoms with Crippen molar-refractivity contribution >= 4 is 16.8 Å². The Labute approximate surface area is 130 Å². The van der Waals surface area contributed by atoms with Crippen molar-refractivity contribution in [1.29, 1.82) is 0 Å². The zero-order valence-corrected chi connectivity index (χ0v) is 13.1. The molecule has 2 aromatic rings. The van der Waals surface area contributed by atoms with Crippen LogP contribution in [0.25, 0.3) is 10.9 Å². The predicted octanol–water partition coefficient (Wildman–Crippen LogP) is 2.58. The minimum atomic E-state index is -0.0324. The molecular formula is C17H22N2O3. The van der Waals surface area contributed by atoms with Crippen LogP contribution in [0, 0.1) is 0 Å². The van der Waals surface area contributed by atoms with Crippen LogP contribution in [0.4, 0.5) is 0 Å². The van der Waals surface area contributed by atoms with Crippen LogP contribution >= 0.6 is 0 Å². The van der Waals surface area contributed by atoms with Gasteiger partial charge in [0.2, 0.25) is 0 Å². The molecule has 0 aliphatic carbocycles. The van der Waals surface area contributed by atoms with Gasteiger partial charge in [0.15, 0.2) is 0 Å². The third-order valence-electron chi connectivity index (χ3n) is 4.06. The first kappa shape index (κ1) is 14.9. The van der Waals surface area contributed by atoms with Crippen LogP contribution in [0.5, 0.6) is 5.75 Å². The van der Waals surface area contributed by atoms with Gasteiger partial charge in [-0.2, -0.15) is 0 Å². The van der Waals surface area contributed by atoms with Gasteiger partial charge in [-0.1, -0.05) is 19.1 Å². The summed E-state index contributed by atoms with van der Waals surface area (Å²) in [6, 6.07) is 7.92. The molecule has 0 unspecified atom stereocenters. The summed E-state index contributed by atoms with van der Waals surface area (Å²) in [4.78, 5) is 12.5. The molecule has 0 saturated carbocycles. The Kier molecular flexibility index (Phi) is 4.34. The van der Waals surface area contributed by atoms with E-state index in [-0.39, 0.29) is 12.0 Å². The van der Waals surface area contributed by atoms with Gasteiger partial charge in [-0.05, 0) is 25.0 Å². The largest absolute Gasteiger partial charge is 0.486 e. The second-order valence-electron chi connectivity index (χ2n) is 5.58. The van der Waals surface area contributed by atoms with Crippen molar-refractivity contribution in [2.45, 2.75) is 32.4 Å². The van der Waals surface area contributed by atoms with Crippen LogP contribution in [0.15, 0.2) is 24.3 Å². The number of aromatic nitrogens is 1. The maximum absolute atomic E-state index is 12.5. The molecule has 3 rings (SSSR count). The Bertz CT molecular complexity index is 678. The van der Waals surface area contributed by atoms with E-state index < -0.39 is 0 Å². The summed E-state index contributed by atoms with van der Waals surface area (Å²) in [5.41, 5.74) is 1.73. The normalized spacial score (nSPS) is 16.5. The number of carbonyl (C=O) groups excluding carboxylic acids is 1. The number of rotatable bonds is 6. The lowest BCUT2D eigenvalue weighted by Crippen LogP contribution is -2.32. The number of amides is 1. The van der Waals surface area contributed by atoms with Gasteiger partial charge in [0.05, 0.1) is 12.1 Å². The third kappa shape index (κ3) is 2.68. The van der Waals surface area contributed by atoms with Crippen LogP contribution in [0.3, 0.4) is 0 Å². The summed E-state index contributed by atoms with van der Waals surface area (Å²) in [5, 5.41) is 4.02. The molecule has 1 atom stereocenters. The van der Waals surface area contributed by atoms with Gasteiger partial charge in [-0.25, -0.2) is 0 Å². The van der Waals surface area contributed by atoms with Gasteiger partial charge < -0.3 is 19.4 Å². The molecule has 0 radical (unpaired) electrons. The quantitative estimate of drug-likeness (QED) is 0.834. The van der Waals surface area contributed by atoms with Gasteiger partial charge in [0, 0.05) is 25.6 Å². The molecule has 2 heterocycles. The van der Waals surface area contributed by atoms with Gasteiger partial charge in [0.25, 0.3) is 5.91 Å². The maximum Gasteiger partial charge on any atom is 0.267 e. The van der Waals surface area contributed by atoms with Gasteiger partial charge in [0.1, 0.15) is 17.5 Å². The molecule has 1 aromatic heterocycles. The molecule has 5 nitrogen and oxygen atoms in total. The highest BCUT2D eigenvalue weighted by Gasteiger charge is 2.25. The lowest BCUT2D eigenvalue weighted by molar-refractivity contribution is 0.0933. The number of benzene rings is 1. The lowest BCUT2D eigenvalue weighted by Gasteiger charge is -2.26. The first-order chi connectivity index (χ1) is 10.7. The van der Waals surface area contributed by atoms with E-state index in [1.165, 1.54) is 0 Å². The van der Waals surface area contributed by atoms with E-state index >= 15 is 0 Å². The fraction of sp³-hybridized carbons (Fsp3) is 0.471. The molecule has 1 amide bonds. The van der Waals surface area contributed by atoms with Crippen LogP contribution in [0.2, 0.25) is 0 Å². The Morgan fingerprint density at radius 3 is 3.14 bits per heavy atom. The average Bonchev–Trinajstić information content (AvgIpc) is 2.92. The van der Waals surface area contributed by atoms with E-state index in [1.54, 1.807) is 7.11 Å². The number of nitrogens with zero attached hydrogens (tertiary/aromatic N) is 1. The summed E-state index contributed by atoms with van der Waals surface area (Å²) in [6.45, 7) is 4.09. The van der Waals surface area contributed by atoms with Crippen molar-refractivity contribution in [3.8, 4) is 5.75 Å². The molecule has 22 heavy (non-hydrogen) atoms. The third-order valence-corrected chi connectivity index (χ3v) is 4.06. The van der Waals surface area contributed by atoms with Crippen molar-refractivity contribution in [3.63, 3.8) is 0 Å². The monoisotopic (exact) mass is 302 g/mol. The Morgan fingerprint density at radius 2 is 2.36 bits per heavy atom. The molecule has 0 fully saturated rings. The number of carbonyl (C=O) groups is 1. The molecular weight excluding hydrogens is 280 g/mol. The van der Waals surface area contributed by atoms with Crippen molar-refractivity contribution < 1.29 is 14.3 Å². The van der Waals surface area contributed by atoms with E-state index in [0.29, 0.717) is 18.8 Å². The van der Waals surface area contributed by atoms with E-state index in [1.807, 2.05) is 24.3 Å². The SMILES string of the molecule is CC[C@@H]1Cn2c(C(=O)NCCCOC)cc3cccc(c32)O1. The molecule has 0 spiro atoms. The Hall–Kier alpha value is -2.01. The Balaban J connectivity index is 1.88. The summed E-state index contributed by atoms with van der Waals surface area (Å²) >= 11 is 0. The number of hydrogen-bond acceptors (Lipinski definition) is 3. The van der Waals surface area contributed by atoms with Crippen molar-refractivity contribution in [1.82, 2.24) is 9.88 Å². The molecule has 118 valence electrons. The van der Waals surface area contributed by atoms with Crippen molar-refractivity contribution in [2.24, 2.45) is 0 Å². The van der Waals surface area contributed by atoms with Crippen LogP contribution < -0.4 is 10.1 Å². The minimum Gasteiger partial charge on any atom is -0.486 e. The van der Waals surface area contributed by atoms with E-state index in [0.717, 1.165) is 36.0 Å². The average molecular weight is 302 g/mol. The number of methoxy groups -OCH3 is 1. The molecule has 1 aliphatic rings. The number of ether oxygens (including phenoxy) is 2. The van der Waals surface area contributed by atoms with Crippen LogP contribution in [-0.2, 0) is 11.3 Å². The van der Waals surface area contributed by atoms with Crippen molar-refractivity contribution in [3.05, 3.63) is 30.0 Å².